The summed E-state index contributed by atoms with van der Waals surface area (Å²) in [5.41, 5.74) is 1.71. The molecule has 1 heterocycles. The molecule has 0 radical (unpaired) electrons. The predicted molar refractivity (Wildman–Crippen MR) is 101 cm³/mol. The molecule has 2 aromatic carbocycles. The molecule has 1 aliphatic carbocycles. The molecule has 4 nitrogen and oxygen atoms in total. The molecule has 0 aliphatic heterocycles. The summed E-state index contributed by atoms with van der Waals surface area (Å²) < 4.78 is 16.6. The molecular formula is C20H17BrFN3O. The van der Waals surface area contributed by atoms with E-state index in [0.717, 1.165) is 10.0 Å². The van der Waals surface area contributed by atoms with Crippen molar-refractivity contribution >= 4 is 27.7 Å². The van der Waals surface area contributed by atoms with Crippen molar-refractivity contribution < 1.29 is 9.18 Å². The van der Waals surface area contributed by atoms with Crippen LogP contribution < -0.4 is 5.32 Å². The molecule has 1 N–H and O–H groups in total. The van der Waals surface area contributed by atoms with Gasteiger partial charge in [-0.1, -0.05) is 46.3 Å². The lowest BCUT2D eigenvalue weighted by molar-refractivity contribution is -0.117. The van der Waals surface area contributed by atoms with E-state index in [9.17, 15) is 9.18 Å². The van der Waals surface area contributed by atoms with Gasteiger partial charge in [-0.2, -0.15) is 5.10 Å². The van der Waals surface area contributed by atoms with Crippen LogP contribution in [0.4, 0.5) is 10.2 Å². The third-order valence-electron chi connectivity index (χ3n) is 4.65. The van der Waals surface area contributed by atoms with Crippen LogP contribution in [0.3, 0.4) is 0 Å². The minimum atomic E-state index is -0.243. The number of carbonyl (C=O) groups is 1. The number of rotatable bonds is 5. The van der Waals surface area contributed by atoms with Crippen molar-refractivity contribution in [3.05, 3.63) is 82.2 Å². The first-order valence-corrected chi connectivity index (χ1v) is 9.22. The summed E-state index contributed by atoms with van der Waals surface area (Å²) >= 11 is 3.42. The monoisotopic (exact) mass is 413 g/mol. The minimum Gasteiger partial charge on any atom is -0.311 e. The number of aromatic nitrogens is 2. The zero-order valence-electron chi connectivity index (χ0n) is 13.9. The Hall–Kier alpha value is -2.47. The van der Waals surface area contributed by atoms with Gasteiger partial charge < -0.3 is 5.32 Å². The van der Waals surface area contributed by atoms with Crippen molar-refractivity contribution in [2.24, 2.45) is 5.92 Å². The van der Waals surface area contributed by atoms with Crippen LogP contribution in [-0.4, -0.2) is 15.7 Å². The topological polar surface area (TPSA) is 46.9 Å². The van der Waals surface area contributed by atoms with Crippen molar-refractivity contribution in [1.82, 2.24) is 9.78 Å². The number of hydrogen-bond acceptors (Lipinski definition) is 2. The highest BCUT2D eigenvalue weighted by Crippen LogP contribution is 2.48. The SMILES string of the molecule is O=C(Nc1ccnn1Cc1ccc(Br)cc1)C1CC1c1ccccc1F. The van der Waals surface area contributed by atoms with E-state index in [2.05, 4.69) is 26.3 Å². The molecular weight excluding hydrogens is 397 g/mol. The minimum absolute atomic E-state index is 0.0426. The number of amides is 1. The highest BCUT2D eigenvalue weighted by atomic mass is 79.9. The first-order valence-electron chi connectivity index (χ1n) is 8.43. The Morgan fingerprint density at radius 3 is 2.73 bits per heavy atom. The summed E-state index contributed by atoms with van der Waals surface area (Å²) in [7, 11) is 0. The highest BCUT2D eigenvalue weighted by molar-refractivity contribution is 9.10. The van der Waals surface area contributed by atoms with E-state index in [1.54, 1.807) is 35.1 Å². The first kappa shape index (κ1) is 17.0. The molecule has 2 unspecified atom stereocenters. The van der Waals surface area contributed by atoms with Crippen LogP contribution in [0.25, 0.3) is 0 Å². The van der Waals surface area contributed by atoms with Gasteiger partial charge in [0.05, 0.1) is 12.7 Å². The van der Waals surface area contributed by atoms with E-state index in [1.165, 1.54) is 6.07 Å². The van der Waals surface area contributed by atoms with Crippen LogP contribution in [-0.2, 0) is 11.3 Å². The quantitative estimate of drug-likeness (QED) is 0.665. The standard InChI is InChI=1S/C20H17BrFN3O/c21-14-7-5-13(6-8-14)12-25-19(9-10-23-25)24-20(26)17-11-16(17)15-3-1-2-4-18(15)22/h1-10,16-17H,11-12H2,(H,24,26). The fourth-order valence-electron chi connectivity index (χ4n) is 3.15. The molecule has 2 atom stereocenters. The summed E-state index contributed by atoms with van der Waals surface area (Å²) in [5, 5.41) is 7.22. The number of benzene rings is 2. The van der Waals surface area contributed by atoms with Gasteiger partial charge in [0, 0.05) is 16.5 Å². The second-order valence-electron chi connectivity index (χ2n) is 6.46. The summed E-state index contributed by atoms with van der Waals surface area (Å²) in [6.45, 7) is 0.567. The third kappa shape index (κ3) is 3.55. The zero-order chi connectivity index (χ0) is 18.1. The molecule has 1 aliphatic rings. The van der Waals surface area contributed by atoms with Crippen molar-refractivity contribution in [3.8, 4) is 0 Å². The second-order valence-corrected chi connectivity index (χ2v) is 7.38. The molecule has 6 heteroatoms. The molecule has 1 saturated carbocycles. The van der Waals surface area contributed by atoms with E-state index in [1.807, 2.05) is 24.3 Å². The van der Waals surface area contributed by atoms with E-state index in [0.29, 0.717) is 24.3 Å². The lowest BCUT2D eigenvalue weighted by Crippen LogP contribution is -2.18. The number of nitrogens with zero attached hydrogens (tertiary/aromatic N) is 2. The summed E-state index contributed by atoms with van der Waals surface area (Å²) in [6.07, 6.45) is 2.34. The summed E-state index contributed by atoms with van der Waals surface area (Å²) in [5.74, 6) is 0.0861. The molecule has 0 saturated heterocycles. The Morgan fingerprint density at radius 2 is 1.96 bits per heavy atom. The first-order chi connectivity index (χ1) is 12.6. The van der Waals surface area contributed by atoms with Gasteiger partial charge in [-0.25, -0.2) is 9.07 Å². The van der Waals surface area contributed by atoms with Gasteiger partial charge >= 0.3 is 0 Å². The van der Waals surface area contributed by atoms with Gasteiger partial charge in [0.25, 0.3) is 0 Å². The Bertz CT molecular complexity index is 938. The lowest BCUT2D eigenvalue weighted by Gasteiger charge is -2.09. The number of anilines is 1. The maximum Gasteiger partial charge on any atom is 0.229 e. The Morgan fingerprint density at radius 1 is 1.19 bits per heavy atom. The van der Waals surface area contributed by atoms with Crippen molar-refractivity contribution in [1.29, 1.82) is 0 Å². The van der Waals surface area contributed by atoms with Crippen LogP contribution in [0.5, 0.6) is 0 Å². The number of carbonyl (C=O) groups excluding carboxylic acids is 1. The van der Waals surface area contributed by atoms with E-state index >= 15 is 0 Å². The molecule has 0 spiro atoms. The normalized spacial score (nSPS) is 18.5. The Balaban J connectivity index is 1.42. The molecule has 4 rings (SSSR count). The van der Waals surface area contributed by atoms with E-state index in [-0.39, 0.29) is 23.6 Å². The average Bonchev–Trinajstić information content (AvgIpc) is 3.32. The Labute approximate surface area is 159 Å². The van der Waals surface area contributed by atoms with Crippen LogP contribution >= 0.6 is 15.9 Å². The van der Waals surface area contributed by atoms with Gasteiger partial charge in [0.1, 0.15) is 11.6 Å². The van der Waals surface area contributed by atoms with Gasteiger partial charge in [0.2, 0.25) is 5.91 Å². The number of nitrogens with one attached hydrogen (secondary N) is 1. The largest absolute Gasteiger partial charge is 0.311 e. The third-order valence-corrected chi connectivity index (χ3v) is 5.17. The molecule has 0 bridgehead atoms. The van der Waals surface area contributed by atoms with Crippen LogP contribution in [0.15, 0.2) is 65.3 Å². The maximum absolute atomic E-state index is 13.9. The second kappa shape index (κ2) is 7.03. The lowest BCUT2D eigenvalue weighted by atomic mass is 10.1. The fraction of sp³-hybridized carbons (Fsp3) is 0.200. The average molecular weight is 414 g/mol. The van der Waals surface area contributed by atoms with Gasteiger partial charge in [-0.3, -0.25) is 4.79 Å². The summed E-state index contributed by atoms with van der Waals surface area (Å²) in [4.78, 5) is 12.5. The summed E-state index contributed by atoms with van der Waals surface area (Å²) in [6, 6.07) is 16.4. The molecule has 26 heavy (non-hydrogen) atoms. The molecule has 132 valence electrons. The fourth-order valence-corrected chi connectivity index (χ4v) is 3.42. The van der Waals surface area contributed by atoms with Crippen molar-refractivity contribution in [3.63, 3.8) is 0 Å². The van der Waals surface area contributed by atoms with Crippen LogP contribution in [0, 0.1) is 11.7 Å². The van der Waals surface area contributed by atoms with Crippen molar-refractivity contribution in [2.75, 3.05) is 5.32 Å². The van der Waals surface area contributed by atoms with E-state index in [4.69, 9.17) is 0 Å². The molecule has 1 fully saturated rings. The van der Waals surface area contributed by atoms with Crippen LogP contribution in [0.1, 0.15) is 23.5 Å². The molecule has 1 amide bonds. The molecule has 3 aromatic rings. The number of hydrogen-bond donors (Lipinski definition) is 1. The molecule has 1 aromatic heterocycles. The highest BCUT2D eigenvalue weighted by Gasteiger charge is 2.45. The van der Waals surface area contributed by atoms with Gasteiger partial charge in [-0.05, 0) is 41.7 Å². The van der Waals surface area contributed by atoms with Gasteiger partial charge in [0.15, 0.2) is 0 Å². The number of halogens is 2. The predicted octanol–water partition coefficient (Wildman–Crippen LogP) is 4.58. The van der Waals surface area contributed by atoms with Crippen LogP contribution in [0.2, 0.25) is 0 Å². The maximum atomic E-state index is 13.9. The Kier molecular flexibility index (Phi) is 4.59. The van der Waals surface area contributed by atoms with Gasteiger partial charge in [-0.15, -0.1) is 0 Å². The zero-order valence-corrected chi connectivity index (χ0v) is 15.5. The van der Waals surface area contributed by atoms with E-state index < -0.39 is 0 Å². The smallest absolute Gasteiger partial charge is 0.229 e. The van der Waals surface area contributed by atoms with Crippen molar-refractivity contribution in [2.45, 2.75) is 18.9 Å².